The molecule has 2 aliphatic rings. The fourth-order valence-corrected chi connectivity index (χ4v) is 4.87. The van der Waals surface area contributed by atoms with Crippen LogP contribution >= 0.6 is 11.8 Å². The lowest BCUT2D eigenvalue weighted by atomic mass is 9.78. The van der Waals surface area contributed by atoms with E-state index in [0.717, 1.165) is 25.6 Å². The van der Waals surface area contributed by atoms with E-state index in [1.54, 1.807) is 0 Å². The highest BCUT2D eigenvalue weighted by Crippen LogP contribution is 2.38. The van der Waals surface area contributed by atoms with Gasteiger partial charge in [-0.15, -0.1) is 0 Å². The molecule has 3 unspecified atom stereocenters. The van der Waals surface area contributed by atoms with E-state index in [4.69, 9.17) is 4.99 Å². The molecule has 20 heavy (non-hydrogen) atoms. The number of hydrogen-bond acceptors (Lipinski definition) is 3. The Morgan fingerprint density at radius 3 is 2.85 bits per heavy atom. The molecule has 1 saturated carbocycles. The molecule has 2 fully saturated rings. The molecule has 116 valence electrons. The highest BCUT2D eigenvalue weighted by atomic mass is 32.2. The maximum absolute atomic E-state index is 4.91. The van der Waals surface area contributed by atoms with Crippen molar-refractivity contribution >= 4 is 16.9 Å². The van der Waals surface area contributed by atoms with Crippen molar-refractivity contribution in [3.8, 4) is 0 Å². The number of thioether (sulfide) groups is 1. The molecule has 1 N–H and O–H groups in total. The third kappa shape index (κ3) is 4.14. The average Bonchev–Trinajstić information content (AvgIpc) is 2.78. The second-order valence-corrected chi connectivity index (χ2v) is 7.63. The molecule has 1 aliphatic carbocycles. The Balaban J connectivity index is 1.89. The van der Waals surface area contributed by atoms with Gasteiger partial charge in [0.25, 0.3) is 0 Å². The maximum atomic E-state index is 4.91. The molecule has 3 atom stereocenters. The van der Waals surface area contributed by atoms with Crippen LogP contribution in [0.25, 0.3) is 0 Å². The Morgan fingerprint density at radius 2 is 2.20 bits per heavy atom. The van der Waals surface area contributed by atoms with Crippen molar-refractivity contribution in [1.29, 1.82) is 0 Å². The zero-order chi connectivity index (χ0) is 14.6. The Hall–Kier alpha value is -0.220. The zero-order valence-corrected chi connectivity index (χ0v) is 14.4. The van der Waals surface area contributed by atoms with Crippen molar-refractivity contribution in [2.45, 2.75) is 65.0 Å². The normalized spacial score (nSPS) is 33.9. The monoisotopic (exact) mass is 297 g/mol. The number of hydrogen-bond donors (Lipinski definition) is 1. The summed E-state index contributed by atoms with van der Waals surface area (Å²) in [5, 5.41) is 4.96. The zero-order valence-electron chi connectivity index (χ0n) is 13.6. The minimum absolute atomic E-state index is 0.357. The largest absolute Gasteiger partial charge is 0.359 e. The first-order valence-electron chi connectivity index (χ1n) is 8.28. The summed E-state index contributed by atoms with van der Waals surface area (Å²) in [6, 6.07) is 0.390. The predicted octanol–water partition coefficient (Wildman–Crippen LogP) is 3.36. The van der Waals surface area contributed by atoms with Crippen molar-refractivity contribution in [3.63, 3.8) is 0 Å². The summed E-state index contributed by atoms with van der Waals surface area (Å²) in [7, 11) is 0. The quantitative estimate of drug-likeness (QED) is 0.843. The van der Waals surface area contributed by atoms with Crippen LogP contribution in [-0.2, 0) is 0 Å². The second-order valence-electron chi connectivity index (χ2n) is 6.66. The first-order valence-corrected chi connectivity index (χ1v) is 9.26. The van der Waals surface area contributed by atoms with Crippen LogP contribution in [0.15, 0.2) is 4.99 Å². The van der Waals surface area contributed by atoms with E-state index in [0.29, 0.717) is 11.6 Å². The van der Waals surface area contributed by atoms with Gasteiger partial charge < -0.3 is 10.2 Å². The van der Waals surface area contributed by atoms with Crippen LogP contribution in [0.5, 0.6) is 0 Å². The fraction of sp³-hybridized carbons (Fsp3) is 0.938. The molecular weight excluding hydrogens is 266 g/mol. The second kappa shape index (κ2) is 7.17. The van der Waals surface area contributed by atoms with E-state index in [1.165, 1.54) is 36.6 Å². The summed E-state index contributed by atoms with van der Waals surface area (Å²) >= 11 is 1.94. The Bertz CT molecular complexity index is 341. The van der Waals surface area contributed by atoms with Crippen LogP contribution in [0.2, 0.25) is 0 Å². The van der Waals surface area contributed by atoms with E-state index < -0.39 is 0 Å². The Labute approximate surface area is 129 Å². The summed E-state index contributed by atoms with van der Waals surface area (Å²) in [4.78, 5) is 7.36. The number of nitrogens with zero attached hydrogens (tertiary/aromatic N) is 2. The van der Waals surface area contributed by atoms with Gasteiger partial charge in [-0.2, -0.15) is 0 Å². The number of amidine groups is 1. The smallest absolute Gasteiger partial charge is 0.157 e. The van der Waals surface area contributed by atoms with Gasteiger partial charge in [-0.25, -0.2) is 0 Å². The molecule has 1 saturated heterocycles. The van der Waals surface area contributed by atoms with Gasteiger partial charge in [-0.3, -0.25) is 4.99 Å². The lowest BCUT2D eigenvalue weighted by molar-refractivity contribution is 0.242. The molecule has 0 aromatic carbocycles. The number of rotatable bonds is 5. The Morgan fingerprint density at radius 1 is 1.45 bits per heavy atom. The third-order valence-electron chi connectivity index (χ3n) is 4.70. The van der Waals surface area contributed by atoms with Crippen molar-refractivity contribution in [3.05, 3.63) is 0 Å². The van der Waals surface area contributed by atoms with Crippen LogP contribution in [-0.4, -0.2) is 47.0 Å². The molecule has 0 radical (unpaired) electrons. The van der Waals surface area contributed by atoms with Crippen molar-refractivity contribution in [1.82, 2.24) is 10.2 Å². The van der Waals surface area contributed by atoms with Gasteiger partial charge in [-0.1, -0.05) is 45.4 Å². The molecule has 3 nitrogen and oxygen atoms in total. The highest BCUT2D eigenvalue weighted by Gasteiger charge is 2.40. The minimum atomic E-state index is 0.357. The SMILES string of the molecule is CCN(CC)CC(C)N=C1NC2(CCCC(C)C2)CS1. The van der Waals surface area contributed by atoms with Crippen LogP contribution in [0.3, 0.4) is 0 Å². The predicted molar refractivity (Wildman–Crippen MR) is 90.6 cm³/mol. The number of nitrogens with one attached hydrogen (secondary N) is 1. The third-order valence-corrected chi connectivity index (χ3v) is 5.88. The number of likely N-dealkylation sites (N-methyl/N-ethyl adjacent to an activating group) is 1. The number of aliphatic imine (C=N–C) groups is 1. The van der Waals surface area contributed by atoms with Crippen LogP contribution in [0.4, 0.5) is 0 Å². The fourth-order valence-electron chi connectivity index (χ4n) is 3.58. The van der Waals surface area contributed by atoms with Gasteiger partial charge in [-0.05, 0) is 38.8 Å². The summed E-state index contributed by atoms with van der Waals surface area (Å²) in [6.07, 6.45) is 5.42. The van der Waals surface area contributed by atoms with Gasteiger partial charge in [0.2, 0.25) is 0 Å². The molecule has 0 amide bonds. The molecular formula is C16H31N3S. The average molecular weight is 298 g/mol. The Kier molecular flexibility index (Phi) is 5.79. The van der Waals surface area contributed by atoms with Gasteiger partial charge in [0.1, 0.15) is 0 Å². The summed E-state index contributed by atoms with van der Waals surface area (Å²) in [6.45, 7) is 12.4. The molecule has 4 heteroatoms. The lowest BCUT2D eigenvalue weighted by Crippen LogP contribution is -2.47. The first-order chi connectivity index (χ1) is 9.57. The van der Waals surface area contributed by atoms with E-state index in [1.807, 2.05) is 11.8 Å². The topological polar surface area (TPSA) is 27.6 Å². The lowest BCUT2D eigenvalue weighted by Gasteiger charge is -2.36. The molecule has 2 rings (SSSR count). The standard InChI is InChI=1S/C16H31N3S/c1-5-19(6-2)11-14(4)17-15-18-16(12-20-15)9-7-8-13(3)10-16/h13-14H,5-12H2,1-4H3,(H,17,18). The van der Waals surface area contributed by atoms with E-state index in [9.17, 15) is 0 Å². The minimum Gasteiger partial charge on any atom is -0.359 e. The van der Waals surface area contributed by atoms with E-state index in [-0.39, 0.29) is 0 Å². The molecule has 0 bridgehead atoms. The van der Waals surface area contributed by atoms with Gasteiger partial charge in [0.05, 0.1) is 6.04 Å². The van der Waals surface area contributed by atoms with Gasteiger partial charge in [0.15, 0.2) is 5.17 Å². The van der Waals surface area contributed by atoms with Crippen LogP contribution in [0, 0.1) is 5.92 Å². The molecule has 0 aromatic rings. The highest BCUT2D eigenvalue weighted by molar-refractivity contribution is 8.14. The molecule has 1 aliphatic heterocycles. The summed E-state index contributed by atoms with van der Waals surface area (Å²) in [5.41, 5.74) is 0.357. The van der Waals surface area contributed by atoms with Crippen LogP contribution in [0.1, 0.15) is 53.4 Å². The van der Waals surface area contributed by atoms with Gasteiger partial charge >= 0.3 is 0 Å². The maximum Gasteiger partial charge on any atom is 0.157 e. The molecule has 1 heterocycles. The van der Waals surface area contributed by atoms with E-state index in [2.05, 4.69) is 37.9 Å². The summed E-state index contributed by atoms with van der Waals surface area (Å²) in [5.74, 6) is 2.08. The van der Waals surface area contributed by atoms with E-state index >= 15 is 0 Å². The van der Waals surface area contributed by atoms with Crippen molar-refractivity contribution < 1.29 is 0 Å². The molecule has 0 aromatic heterocycles. The van der Waals surface area contributed by atoms with Crippen molar-refractivity contribution in [2.24, 2.45) is 10.9 Å². The van der Waals surface area contributed by atoms with Crippen LogP contribution < -0.4 is 5.32 Å². The summed E-state index contributed by atoms with van der Waals surface area (Å²) < 4.78 is 0. The van der Waals surface area contributed by atoms with Gasteiger partial charge in [0, 0.05) is 17.8 Å². The van der Waals surface area contributed by atoms with Crippen molar-refractivity contribution in [2.75, 3.05) is 25.4 Å². The first kappa shape index (κ1) is 16.2. The molecule has 1 spiro atoms.